The molecule has 0 saturated carbocycles. The van der Waals surface area contributed by atoms with Crippen molar-refractivity contribution in [1.82, 2.24) is 16.1 Å². The lowest BCUT2D eigenvalue weighted by Gasteiger charge is -1.91. The number of hydrogen-bond donors (Lipinski definition) is 1. The summed E-state index contributed by atoms with van der Waals surface area (Å²) in [4.78, 5) is 8.03. The first-order chi connectivity index (χ1) is 3.80. The standard InChI is InChI=1S/C6H8N2.H3N/c1-5-6(2)8-4-3-7-5;/h3-4H,1-2H3;1H3. The fourth-order valence-corrected chi connectivity index (χ4v) is 0.477. The van der Waals surface area contributed by atoms with Gasteiger partial charge in [0, 0.05) is 12.4 Å². The van der Waals surface area contributed by atoms with Crippen molar-refractivity contribution in [3.8, 4) is 0 Å². The maximum atomic E-state index is 4.02. The molecule has 9 heavy (non-hydrogen) atoms. The lowest BCUT2D eigenvalue weighted by Crippen LogP contribution is -1.87. The van der Waals surface area contributed by atoms with E-state index in [1.54, 1.807) is 12.4 Å². The van der Waals surface area contributed by atoms with Gasteiger partial charge in [-0.25, -0.2) is 0 Å². The molecule has 0 bridgehead atoms. The van der Waals surface area contributed by atoms with E-state index in [0.717, 1.165) is 11.4 Å². The molecule has 3 nitrogen and oxygen atoms in total. The molecule has 0 spiro atoms. The number of nitrogens with zero attached hydrogens (tertiary/aromatic N) is 2. The van der Waals surface area contributed by atoms with Gasteiger partial charge >= 0.3 is 0 Å². The van der Waals surface area contributed by atoms with Crippen LogP contribution in [-0.2, 0) is 0 Å². The monoisotopic (exact) mass is 125 g/mol. The van der Waals surface area contributed by atoms with Gasteiger partial charge in [0.05, 0.1) is 11.4 Å². The third kappa shape index (κ3) is 1.77. The highest BCUT2D eigenvalue weighted by Gasteiger charge is 1.87. The summed E-state index contributed by atoms with van der Waals surface area (Å²) in [6, 6.07) is 0. The first kappa shape index (κ1) is 8.04. The van der Waals surface area contributed by atoms with E-state index in [4.69, 9.17) is 0 Å². The van der Waals surface area contributed by atoms with Gasteiger partial charge < -0.3 is 6.15 Å². The molecule has 0 aromatic carbocycles. The lowest BCUT2D eigenvalue weighted by atomic mass is 10.4. The number of aryl methyl sites for hydroxylation is 2. The Balaban J connectivity index is 0.000000640. The number of rotatable bonds is 0. The van der Waals surface area contributed by atoms with Crippen LogP contribution >= 0.6 is 0 Å². The van der Waals surface area contributed by atoms with Gasteiger partial charge in [-0.15, -0.1) is 0 Å². The molecule has 3 heteroatoms. The molecule has 0 atom stereocenters. The maximum absolute atomic E-state index is 4.02. The van der Waals surface area contributed by atoms with Crippen LogP contribution < -0.4 is 6.15 Å². The minimum atomic E-state index is 0. The fraction of sp³-hybridized carbons (Fsp3) is 0.333. The second-order valence-electron chi connectivity index (χ2n) is 1.73. The van der Waals surface area contributed by atoms with Gasteiger partial charge in [0.2, 0.25) is 0 Å². The molecule has 0 fully saturated rings. The first-order valence-electron chi connectivity index (χ1n) is 2.55. The minimum absolute atomic E-state index is 0. The largest absolute Gasteiger partial charge is 0.344 e. The van der Waals surface area contributed by atoms with Gasteiger partial charge in [0.25, 0.3) is 0 Å². The molecule has 0 unspecified atom stereocenters. The Morgan fingerprint density at radius 1 is 1.00 bits per heavy atom. The molecular formula is C6H11N3. The van der Waals surface area contributed by atoms with Gasteiger partial charge in [-0.1, -0.05) is 0 Å². The van der Waals surface area contributed by atoms with Gasteiger partial charge in [0.15, 0.2) is 0 Å². The quantitative estimate of drug-likeness (QED) is 0.567. The van der Waals surface area contributed by atoms with Crippen LogP contribution in [0.5, 0.6) is 0 Å². The molecule has 0 aliphatic rings. The molecule has 50 valence electrons. The van der Waals surface area contributed by atoms with E-state index in [9.17, 15) is 0 Å². The van der Waals surface area contributed by atoms with Crippen molar-refractivity contribution in [3.05, 3.63) is 23.8 Å². The molecular weight excluding hydrogens is 114 g/mol. The van der Waals surface area contributed by atoms with Crippen molar-refractivity contribution < 1.29 is 0 Å². The second kappa shape index (κ2) is 3.14. The fourth-order valence-electron chi connectivity index (χ4n) is 0.477. The van der Waals surface area contributed by atoms with Crippen molar-refractivity contribution >= 4 is 0 Å². The molecule has 0 aliphatic carbocycles. The van der Waals surface area contributed by atoms with Crippen LogP contribution in [-0.4, -0.2) is 9.97 Å². The summed E-state index contributed by atoms with van der Waals surface area (Å²) in [7, 11) is 0. The zero-order valence-corrected chi connectivity index (χ0v) is 5.76. The Morgan fingerprint density at radius 3 is 1.56 bits per heavy atom. The maximum Gasteiger partial charge on any atom is 0.0584 e. The van der Waals surface area contributed by atoms with E-state index >= 15 is 0 Å². The summed E-state index contributed by atoms with van der Waals surface area (Å²) in [6.45, 7) is 3.89. The van der Waals surface area contributed by atoms with Crippen LogP contribution in [0.1, 0.15) is 11.4 Å². The highest BCUT2D eigenvalue weighted by molar-refractivity contribution is 5.04. The van der Waals surface area contributed by atoms with E-state index in [-0.39, 0.29) is 6.15 Å². The average Bonchev–Trinajstić information content (AvgIpc) is 1.77. The highest BCUT2D eigenvalue weighted by atomic mass is 14.8. The number of hydrogen-bond acceptors (Lipinski definition) is 3. The minimum Gasteiger partial charge on any atom is -0.344 e. The van der Waals surface area contributed by atoms with Gasteiger partial charge in [0.1, 0.15) is 0 Å². The van der Waals surface area contributed by atoms with Crippen molar-refractivity contribution in [3.63, 3.8) is 0 Å². The smallest absolute Gasteiger partial charge is 0.0584 e. The molecule has 0 aliphatic heterocycles. The van der Waals surface area contributed by atoms with E-state index < -0.39 is 0 Å². The zero-order valence-electron chi connectivity index (χ0n) is 5.76. The van der Waals surface area contributed by atoms with E-state index in [1.165, 1.54) is 0 Å². The SMILES string of the molecule is Cc1nccnc1C.N. The Labute approximate surface area is 54.7 Å². The summed E-state index contributed by atoms with van der Waals surface area (Å²) in [6.07, 6.45) is 3.39. The Kier molecular flexibility index (Phi) is 2.81. The Bertz CT molecular complexity index is 164. The van der Waals surface area contributed by atoms with Crippen LogP contribution in [0.2, 0.25) is 0 Å². The van der Waals surface area contributed by atoms with Crippen LogP contribution in [0, 0.1) is 13.8 Å². The molecule has 0 radical (unpaired) electrons. The molecule has 1 aromatic heterocycles. The average molecular weight is 125 g/mol. The van der Waals surface area contributed by atoms with Crippen LogP contribution in [0.4, 0.5) is 0 Å². The normalized spacial score (nSPS) is 8.22. The molecule has 1 rings (SSSR count). The molecule has 1 aromatic rings. The molecule has 0 amide bonds. The predicted octanol–water partition coefficient (Wildman–Crippen LogP) is 1.26. The summed E-state index contributed by atoms with van der Waals surface area (Å²) in [5.74, 6) is 0. The van der Waals surface area contributed by atoms with Crippen molar-refractivity contribution in [2.75, 3.05) is 0 Å². The van der Waals surface area contributed by atoms with Crippen LogP contribution in [0.3, 0.4) is 0 Å². The van der Waals surface area contributed by atoms with Crippen molar-refractivity contribution in [2.24, 2.45) is 0 Å². The molecule has 3 N–H and O–H groups in total. The molecule has 1 heterocycles. The van der Waals surface area contributed by atoms with Gasteiger partial charge in [-0.05, 0) is 13.8 Å². The summed E-state index contributed by atoms with van der Waals surface area (Å²) in [5, 5.41) is 0. The van der Waals surface area contributed by atoms with E-state index in [1.807, 2.05) is 13.8 Å². The van der Waals surface area contributed by atoms with Crippen molar-refractivity contribution in [1.29, 1.82) is 0 Å². The van der Waals surface area contributed by atoms with Gasteiger partial charge in [-0.3, -0.25) is 9.97 Å². The summed E-state index contributed by atoms with van der Waals surface area (Å²) >= 11 is 0. The second-order valence-corrected chi connectivity index (χ2v) is 1.73. The predicted molar refractivity (Wildman–Crippen MR) is 36.5 cm³/mol. The first-order valence-corrected chi connectivity index (χ1v) is 2.55. The summed E-state index contributed by atoms with van der Waals surface area (Å²) < 4.78 is 0. The number of aromatic nitrogens is 2. The third-order valence-electron chi connectivity index (χ3n) is 1.13. The van der Waals surface area contributed by atoms with E-state index in [2.05, 4.69) is 9.97 Å². The third-order valence-corrected chi connectivity index (χ3v) is 1.13. The van der Waals surface area contributed by atoms with E-state index in [0.29, 0.717) is 0 Å². The molecule has 0 saturated heterocycles. The Hall–Kier alpha value is -0.960. The van der Waals surface area contributed by atoms with Crippen LogP contribution in [0.25, 0.3) is 0 Å². The highest BCUT2D eigenvalue weighted by Crippen LogP contribution is 1.93. The topological polar surface area (TPSA) is 60.8 Å². The lowest BCUT2D eigenvalue weighted by molar-refractivity contribution is 1.05. The summed E-state index contributed by atoms with van der Waals surface area (Å²) in [5.41, 5.74) is 2.01. The zero-order chi connectivity index (χ0) is 5.98. The van der Waals surface area contributed by atoms with Gasteiger partial charge in [-0.2, -0.15) is 0 Å². The van der Waals surface area contributed by atoms with Crippen LogP contribution in [0.15, 0.2) is 12.4 Å². The van der Waals surface area contributed by atoms with Crippen molar-refractivity contribution in [2.45, 2.75) is 13.8 Å². The Morgan fingerprint density at radius 2 is 1.33 bits per heavy atom.